The quantitative estimate of drug-likeness (QED) is 0.734. The molecule has 1 amide bonds. The van der Waals surface area contributed by atoms with Gasteiger partial charge in [-0.3, -0.25) is 4.79 Å². The first-order valence-electron chi connectivity index (χ1n) is 8.45. The molecule has 3 rings (SSSR count). The van der Waals surface area contributed by atoms with Crippen LogP contribution in [-0.4, -0.2) is 39.8 Å². The molecule has 4 nitrogen and oxygen atoms in total. The zero-order chi connectivity index (χ0) is 16.8. The average Bonchev–Trinajstić information content (AvgIpc) is 3.04. The van der Waals surface area contributed by atoms with Crippen molar-refractivity contribution < 1.29 is 4.79 Å². The highest BCUT2D eigenvalue weighted by Crippen LogP contribution is 2.25. The van der Waals surface area contributed by atoms with E-state index in [2.05, 4.69) is 40.5 Å². The minimum atomic E-state index is 0.234. The van der Waals surface area contributed by atoms with Crippen LogP contribution >= 0.6 is 23.1 Å². The maximum Gasteiger partial charge on any atom is 0.233 e. The lowest BCUT2D eigenvalue weighted by Crippen LogP contribution is -2.41. The molecule has 0 aliphatic carbocycles. The normalized spacial score (nSPS) is 17.9. The summed E-state index contributed by atoms with van der Waals surface area (Å²) in [6, 6.07) is 10.6. The van der Waals surface area contributed by atoms with Gasteiger partial charge in [0.25, 0.3) is 0 Å². The van der Waals surface area contributed by atoms with Gasteiger partial charge < -0.3 is 4.90 Å². The minimum Gasteiger partial charge on any atom is -0.342 e. The van der Waals surface area contributed by atoms with Crippen LogP contribution in [0.2, 0.25) is 0 Å². The van der Waals surface area contributed by atoms with Gasteiger partial charge in [0.05, 0.1) is 5.75 Å². The van der Waals surface area contributed by atoms with E-state index in [0.717, 1.165) is 41.7 Å². The molecule has 0 unspecified atom stereocenters. The van der Waals surface area contributed by atoms with Crippen molar-refractivity contribution in [2.24, 2.45) is 5.92 Å². The summed E-state index contributed by atoms with van der Waals surface area (Å²) in [5.41, 5.74) is 1.39. The average molecular weight is 362 g/mol. The van der Waals surface area contributed by atoms with Crippen LogP contribution in [0.5, 0.6) is 0 Å². The molecule has 1 atom stereocenters. The van der Waals surface area contributed by atoms with Crippen LogP contribution < -0.4 is 0 Å². The van der Waals surface area contributed by atoms with Crippen molar-refractivity contribution >= 4 is 29.0 Å². The fourth-order valence-electron chi connectivity index (χ4n) is 3.09. The maximum atomic E-state index is 12.5. The van der Waals surface area contributed by atoms with E-state index in [1.165, 1.54) is 23.7 Å². The molecular weight excluding hydrogens is 338 g/mol. The summed E-state index contributed by atoms with van der Waals surface area (Å²) in [6.45, 7) is 3.74. The second-order valence-corrected chi connectivity index (χ2v) is 8.65. The molecule has 0 radical (unpaired) electrons. The number of carbonyl (C=O) groups is 1. The molecule has 1 aromatic carbocycles. The third kappa shape index (κ3) is 5.05. The molecule has 0 spiro atoms. The zero-order valence-corrected chi connectivity index (χ0v) is 15.6. The first kappa shape index (κ1) is 17.4. The van der Waals surface area contributed by atoms with E-state index in [0.29, 0.717) is 11.7 Å². The molecule has 0 N–H and O–H groups in total. The van der Waals surface area contributed by atoms with Gasteiger partial charge in [0, 0.05) is 13.1 Å². The number of thioether (sulfide) groups is 1. The van der Waals surface area contributed by atoms with Crippen molar-refractivity contribution in [3.05, 3.63) is 40.9 Å². The lowest BCUT2D eigenvalue weighted by Gasteiger charge is -2.32. The Bertz CT molecular complexity index is 659. The monoisotopic (exact) mass is 361 g/mol. The van der Waals surface area contributed by atoms with Gasteiger partial charge in [-0.25, -0.2) is 0 Å². The molecule has 6 heteroatoms. The van der Waals surface area contributed by atoms with Gasteiger partial charge >= 0.3 is 0 Å². The predicted octanol–water partition coefficient (Wildman–Crippen LogP) is 3.81. The van der Waals surface area contributed by atoms with Crippen molar-refractivity contribution in [1.29, 1.82) is 0 Å². The standard InChI is InChI=1S/C18H23N3OS2/c1-14-19-20-18(24-14)23-13-17(22)21-11-5-8-16(12-21)10-9-15-6-3-2-4-7-15/h2-4,6-7,16H,5,8-13H2,1H3/t16-/m1/s1. The fraction of sp³-hybridized carbons (Fsp3) is 0.500. The minimum absolute atomic E-state index is 0.234. The summed E-state index contributed by atoms with van der Waals surface area (Å²) in [5.74, 6) is 1.33. The molecule has 1 fully saturated rings. The van der Waals surface area contributed by atoms with Gasteiger partial charge in [0.2, 0.25) is 5.91 Å². The SMILES string of the molecule is Cc1nnc(SCC(=O)N2CCC[C@H](CCc3ccccc3)C2)s1. The number of hydrogen-bond acceptors (Lipinski definition) is 5. The van der Waals surface area contributed by atoms with Crippen LogP contribution in [0.15, 0.2) is 34.7 Å². The van der Waals surface area contributed by atoms with Crippen LogP contribution in [0.25, 0.3) is 0 Å². The van der Waals surface area contributed by atoms with Crippen LogP contribution in [0, 0.1) is 12.8 Å². The van der Waals surface area contributed by atoms with Crippen molar-refractivity contribution in [1.82, 2.24) is 15.1 Å². The van der Waals surface area contributed by atoms with E-state index < -0.39 is 0 Å². The number of aryl methyl sites for hydroxylation is 2. The van der Waals surface area contributed by atoms with E-state index in [1.807, 2.05) is 11.8 Å². The molecule has 2 aromatic rings. The number of nitrogens with zero attached hydrogens (tertiary/aromatic N) is 3. The zero-order valence-electron chi connectivity index (χ0n) is 14.0. The number of carbonyl (C=O) groups excluding carboxylic acids is 1. The Kier molecular flexibility index (Phi) is 6.26. The Morgan fingerprint density at radius 1 is 1.33 bits per heavy atom. The van der Waals surface area contributed by atoms with E-state index in [4.69, 9.17) is 0 Å². The topological polar surface area (TPSA) is 46.1 Å². The molecule has 1 aliphatic heterocycles. The summed E-state index contributed by atoms with van der Waals surface area (Å²) in [7, 11) is 0. The summed E-state index contributed by atoms with van der Waals surface area (Å²) in [4.78, 5) is 14.5. The Morgan fingerprint density at radius 3 is 2.92 bits per heavy atom. The molecule has 1 aromatic heterocycles. The predicted molar refractivity (Wildman–Crippen MR) is 99.4 cm³/mol. The summed E-state index contributed by atoms with van der Waals surface area (Å²) in [5, 5.41) is 9.01. The second kappa shape index (κ2) is 8.62. The summed E-state index contributed by atoms with van der Waals surface area (Å²) < 4.78 is 0.887. The van der Waals surface area contributed by atoms with Crippen LogP contribution in [0.3, 0.4) is 0 Å². The van der Waals surface area contributed by atoms with Crippen molar-refractivity contribution in [3.63, 3.8) is 0 Å². The number of hydrogen-bond donors (Lipinski definition) is 0. The molecular formula is C18H23N3OS2. The van der Waals surface area contributed by atoms with Crippen molar-refractivity contribution in [2.45, 2.75) is 36.9 Å². The number of piperidine rings is 1. The molecule has 128 valence electrons. The van der Waals surface area contributed by atoms with Gasteiger partial charge in [-0.15, -0.1) is 10.2 Å². The van der Waals surface area contributed by atoms with Crippen LogP contribution in [0.1, 0.15) is 29.8 Å². The summed E-state index contributed by atoms with van der Waals surface area (Å²) in [6.07, 6.45) is 4.62. The molecule has 1 aliphatic rings. The van der Waals surface area contributed by atoms with E-state index >= 15 is 0 Å². The van der Waals surface area contributed by atoms with Crippen LogP contribution in [0.4, 0.5) is 0 Å². The Balaban J connectivity index is 1.45. The van der Waals surface area contributed by atoms with E-state index in [-0.39, 0.29) is 5.91 Å². The van der Waals surface area contributed by atoms with Gasteiger partial charge in [-0.05, 0) is 44.1 Å². The van der Waals surface area contributed by atoms with E-state index in [1.54, 1.807) is 11.3 Å². The first-order valence-corrected chi connectivity index (χ1v) is 10.3. The summed E-state index contributed by atoms with van der Waals surface area (Å²) >= 11 is 3.06. The van der Waals surface area contributed by atoms with E-state index in [9.17, 15) is 4.79 Å². The number of likely N-dealkylation sites (tertiary alicyclic amines) is 1. The lowest BCUT2D eigenvalue weighted by atomic mass is 9.91. The number of rotatable bonds is 6. The molecule has 0 bridgehead atoms. The van der Waals surface area contributed by atoms with Gasteiger partial charge in [0.1, 0.15) is 5.01 Å². The molecule has 1 saturated heterocycles. The number of amides is 1. The van der Waals surface area contributed by atoms with Gasteiger partial charge in [-0.2, -0.15) is 0 Å². The third-order valence-electron chi connectivity index (χ3n) is 4.38. The van der Waals surface area contributed by atoms with Crippen LogP contribution in [-0.2, 0) is 11.2 Å². The highest BCUT2D eigenvalue weighted by Gasteiger charge is 2.23. The highest BCUT2D eigenvalue weighted by molar-refractivity contribution is 8.01. The Labute approximate surface area is 151 Å². The Morgan fingerprint density at radius 2 is 2.17 bits per heavy atom. The smallest absolute Gasteiger partial charge is 0.233 e. The van der Waals surface area contributed by atoms with Crippen molar-refractivity contribution in [2.75, 3.05) is 18.8 Å². The Hall–Kier alpha value is -1.40. The first-order chi connectivity index (χ1) is 11.7. The van der Waals surface area contributed by atoms with Crippen molar-refractivity contribution in [3.8, 4) is 0 Å². The molecule has 0 saturated carbocycles. The maximum absolute atomic E-state index is 12.5. The molecule has 24 heavy (non-hydrogen) atoms. The lowest BCUT2D eigenvalue weighted by molar-refractivity contribution is -0.130. The second-order valence-electron chi connectivity index (χ2n) is 6.25. The largest absolute Gasteiger partial charge is 0.342 e. The fourth-order valence-corrected chi connectivity index (χ4v) is 4.81. The number of benzene rings is 1. The number of aromatic nitrogens is 2. The molecule has 2 heterocycles. The van der Waals surface area contributed by atoms with Gasteiger partial charge in [-0.1, -0.05) is 53.4 Å². The highest BCUT2D eigenvalue weighted by atomic mass is 32.2. The van der Waals surface area contributed by atoms with Gasteiger partial charge in [0.15, 0.2) is 4.34 Å². The third-order valence-corrected chi connectivity index (χ3v) is 6.34.